The van der Waals surface area contributed by atoms with Crippen LogP contribution >= 0.6 is 64.4 Å². The van der Waals surface area contributed by atoms with E-state index in [-0.39, 0.29) is 0 Å². The molecule has 0 saturated heterocycles. The van der Waals surface area contributed by atoms with E-state index in [0.717, 1.165) is 34.5 Å². The topological polar surface area (TPSA) is 0 Å². The monoisotopic (exact) mass is 850 g/mol. The summed E-state index contributed by atoms with van der Waals surface area (Å²) in [5, 5.41) is 0. The maximum Gasteiger partial charge on any atom is 0.0187 e. The largest absolute Gasteiger partial charge is 0.152 e. The maximum atomic E-state index is 4.94. The van der Waals surface area contributed by atoms with Crippen molar-refractivity contribution in [2.45, 2.75) is 34.5 Å². The van der Waals surface area contributed by atoms with E-state index in [1.165, 1.54) is 33.4 Å². The summed E-state index contributed by atoms with van der Waals surface area (Å²) >= 11 is 4.22. The maximum absolute atomic E-state index is 4.94. The first kappa shape index (κ1) is 41.3. The average Bonchev–Trinajstić information content (AvgIpc) is 3.15. The minimum absolute atomic E-state index is 1.09. The number of hydrogen-bond donors (Lipinski definition) is 0. The van der Waals surface area contributed by atoms with Gasteiger partial charge in [0.2, 0.25) is 0 Å². The first-order valence-corrected chi connectivity index (χ1v) is 25.5. The van der Waals surface area contributed by atoms with E-state index < -0.39 is 13.0 Å². The Labute approximate surface area is 324 Å². The molecule has 6 aromatic carbocycles. The first-order chi connectivity index (χ1) is 24.1. The van der Waals surface area contributed by atoms with Crippen LogP contribution in [0.5, 0.6) is 0 Å². The predicted octanol–water partition coefficient (Wildman–Crippen LogP) is 14.4. The van der Waals surface area contributed by atoms with Crippen LogP contribution in [0.1, 0.15) is 33.4 Å². The normalized spacial score (nSPS) is 10.2. The summed E-state index contributed by atoms with van der Waals surface area (Å²) in [5.74, 6) is 6.56. The molecule has 0 aliphatic heterocycles. The summed E-state index contributed by atoms with van der Waals surface area (Å²) in [6, 6.07) is 63.7. The van der Waals surface area contributed by atoms with Gasteiger partial charge in [0.1, 0.15) is 0 Å². The zero-order valence-corrected chi connectivity index (χ0v) is 33.6. The van der Waals surface area contributed by atoms with Crippen LogP contribution in [0.3, 0.4) is 0 Å². The quantitative estimate of drug-likeness (QED) is 0.113. The van der Waals surface area contributed by atoms with E-state index in [0.29, 0.717) is 0 Å². The molecule has 0 spiro atoms. The summed E-state index contributed by atoms with van der Waals surface area (Å²) in [6.07, 6.45) is 0. The molecule has 0 radical (unpaired) electrons. The van der Waals surface area contributed by atoms with Gasteiger partial charge in [-0.1, -0.05) is 182 Å². The van der Waals surface area contributed by atoms with Crippen LogP contribution in [0.15, 0.2) is 182 Å². The van der Waals surface area contributed by atoms with Crippen molar-refractivity contribution in [3.63, 3.8) is 0 Å². The fourth-order valence-corrected chi connectivity index (χ4v) is 7.18. The molecule has 258 valence electrons. The van der Waals surface area contributed by atoms with Crippen molar-refractivity contribution in [3.8, 4) is 0 Å². The van der Waals surface area contributed by atoms with E-state index in [9.17, 15) is 0 Å². The standard InChI is InChI=1S/3C14H14S.3ClH.Rh/c3*1-3-7-13(8-4-1)11-15-12-14-9-5-2-6-10-14;;;;/h3*1-10H,11-12H2;3*1H;/q;;;;;;+3/p-3. The molecule has 0 atom stereocenters. The van der Waals surface area contributed by atoms with Crippen molar-refractivity contribution in [2.75, 3.05) is 0 Å². The van der Waals surface area contributed by atoms with Gasteiger partial charge >= 0.3 is 42.1 Å². The van der Waals surface area contributed by atoms with Crippen molar-refractivity contribution in [1.82, 2.24) is 0 Å². The average molecular weight is 852 g/mol. The van der Waals surface area contributed by atoms with Gasteiger partial charge in [0, 0.05) is 34.5 Å². The third-order valence-corrected chi connectivity index (χ3v) is 9.89. The molecular formula is C42H42Cl3RhS3. The van der Waals surface area contributed by atoms with Crippen molar-refractivity contribution < 1.29 is 13.0 Å². The van der Waals surface area contributed by atoms with Gasteiger partial charge in [-0.3, -0.25) is 0 Å². The van der Waals surface area contributed by atoms with Gasteiger partial charge in [-0.2, -0.15) is 35.3 Å². The van der Waals surface area contributed by atoms with Gasteiger partial charge in [0.25, 0.3) is 0 Å². The molecule has 0 aromatic heterocycles. The molecule has 0 heterocycles. The Morgan fingerprint density at radius 1 is 0.265 bits per heavy atom. The van der Waals surface area contributed by atoms with Crippen LogP contribution in [0, 0.1) is 0 Å². The molecule has 0 unspecified atom stereocenters. The SMILES string of the molecule is [Cl][Rh]([Cl])[Cl].c1ccc(CSCc2ccccc2)cc1.c1ccc(CSCc2ccccc2)cc1.c1ccc(CSCc2ccccc2)cc1. The van der Waals surface area contributed by atoms with Gasteiger partial charge in [0.15, 0.2) is 0 Å². The Morgan fingerprint density at radius 2 is 0.388 bits per heavy atom. The third kappa shape index (κ3) is 21.6. The predicted molar refractivity (Wildman–Crippen MR) is 221 cm³/mol. The van der Waals surface area contributed by atoms with E-state index >= 15 is 0 Å². The van der Waals surface area contributed by atoms with Gasteiger partial charge < -0.3 is 0 Å². The Bertz CT molecular complexity index is 1280. The van der Waals surface area contributed by atoms with E-state index in [4.69, 9.17) is 29.1 Å². The Kier molecular flexibility index (Phi) is 23.2. The molecule has 0 amide bonds. The molecule has 0 saturated carbocycles. The molecule has 0 nitrogen and oxygen atoms in total. The van der Waals surface area contributed by atoms with Crippen molar-refractivity contribution in [2.24, 2.45) is 0 Å². The zero-order valence-electron chi connectivity index (χ0n) is 27.3. The van der Waals surface area contributed by atoms with Crippen LogP contribution in [-0.4, -0.2) is 0 Å². The molecule has 0 N–H and O–H groups in total. The third-order valence-electron chi connectivity index (χ3n) is 6.67. The van der Waals surface area contributed by atoms with Crippen molar-refractivity contribution in [1.29, 1.82) is 0 Å². The second-order valence-corrected chi connectivity index (χ2v) is 21.0. The van der Waals surface area contributed by atoms with Crippen LogP contribution in [-0.2, 0) is 47.5 Å². The fraction of sp³-hybridized carbons (Fsp3) is 0.143. The zero-order chi connectivity index (χ0) is 34.6. The number of hydrogen-bond acceptors (Lipinski definition) is 3. The van der Waals surface area contributed by atoms with E-state index in [1.807, 2.05) is 35.3 Å². The van der Waals surface area contributed by atoms with Gasteiger partial charge in [-0.15, -0.1) is 0 Å². The Hall–Kier alpha value is -2.14. The number of benzene rings is 6. The van der Waals surface area contributed by atoms with Gasteiger partial charge in [-0.05, 0) is 33.4 Å². The van der Waals surface area contributed by atoms with Crippen LogP contribution < -0.4 is 0 Å². The van der Waals surface area contributed by atoms with Crippen molar-refractivity contribution >= 4 is 64.4 Å². The number of halogens is 3. The minimum Gasteiger partial charge on any atom is -0.152 e. The Morgan fingerprint density at radius 3 is 0.510 bits per heavy atom. The van der Waals surface area contributed by atoms with Crippen LogP contribution in [0.2, 0.25) is 0 Å². The molecule has 7 heteroatoms. The molecule has 6 rings (SSSR count). The van der Waals surface area contributed by atoms with Crippen LogP contribution in [0.25, 0.3) is 0 Å². The second-order valence-electron chi connectivity index (χ2n) is 10.5. The molecule has 49 heavy (non-hydrogen) atoms. The first-order valence-electron chi connectivity index (χ1n) is 15.7. The molecule has 0 aliphatic rings. The van der Waals surface area contributed by atoms with E-state index in [1.54, 1.807) is 0 Å². The molecule has 6 aromatic rings. The van der Waals surface area contributed by atoms with Crippen molar-refractivity contribution in [3.05, 3.63) is 215 Å². The molecule has 0 bridgehead atoms. The van der Waals surface area contributed by atoms with Crippen LogP contribution in [0.4, 0.5) is 0 Å². The molecule has 0 aliphatic carbocycles. The van der Waals surface area contributed by atoms with Gasteiger partial charge in [-0.25, -0.2) is 0 Å². The summed E-state index contributed by atoms with van der Waals surface area (Å²) in [6.45, 7) is 0. The summed E-state index contributed by atoms with van der Waals surface area (Å²) in [7, 11) is 14.8. The minimum atomic E-state index is -1.66. The fourth-order valence-electron chi connectivity index (χ4n) is 4.31. The number of thioether (sulfide) groups is 3. The summed E-state index contributed by atoms with van der Waals surface area (Å²) in [5.41, 5.74) is 8.41. The molecular weight excluding hydrogens is 810 g/mol. The Balaban J connectivity index is 0.000000188. The van der Waals surface area contributed by atoms with Gasteiger partial charge in [0.05, 0.1) is 0 Å². The second kappa shape index (κ2) is 27.6. The molecule has 0 fully saturated rings. The van der Waals surface area contributed by atoms with E-state index in [2.05, 4.69) is 182 Å². The number of rotatable bonds is 12. The summed E-state index contributed by atoms with van der Waals surface area (Å²) < 4.78 is 0. The summed E-state index contributed by atoms with van der Waals surface area (Å²) in [4.78, 5) is 0. The smallest absolute Gasteiger partial charge is 0.0187 e.